The number of hydrogen-bond donors (Lipinski definition) is 0. The van der Waals surface area contributed by atoms with Gasteiger partial charge in [-0.2, -0.15) is 0 Å². The second-order valence-electron chi connectivity index (χ2n) is 24.4. The van der Waals surface area contributed by atoms with Crippen LogP contribution in [-0.4, -0.2) is 11.0 Å². The molecule has 1 unspecified atom stereocenters. The second kappa shape index (κ2) is 25.4. The van der Waals surface area contributed by atoms with Gasteiger partial charge >= 0.3 is 0 Å². The minimum atomic E-state index is -0.121. The largest absolute Gasteiger partial charge is 0.335 e. The summed E-state index contributed by atoms with van der Waals surface area (Å²) in [5.41, 5.74) is 15.4. The summed E-state index contributed by atoms with van der Waals surface area (Å²) in [6.07, 6.45) is 8.67. The maximum absolute atomic E-state index is 5.27. The first-order chi connectivity index (χ1) is 46.9. The molecule has 0 spiro atoms. The highest BCUT2D eigenvalue weighted by Crippen LogP contribution is 2.48. The standard InChI is InChI=1S/C90H67N5/c1-3-64-24-10-14-30-70(64)50-63(2)92(80-47-44-65-25-11-15-31-71(65)52-80)83-55-74(56-84(59-83)93(81-48-45-66-26-12-16-32-72(66)53-81)82-49-46-67-27-13-17-33-73(67)54-82)76-51-77(62-91-61-76)75-57-85(94(78-36-6-4-7-37-78)89-42-22-34-68-28-18-20-40-87(68)89)60-86(58-75)95(79-38-8-5-9-39-79)90-43-23-35-69-29-19-21-41-88(69)90/h3-63H,1-2H3/b64-3-,70-50-. The zero-order valence-corrected chi connectivity index (χ0v) is 53.0. The molecule has 0 amide bonds. The van der Waals surface area contributed by atoms with Gasteiger partial charge in [0.05, 0.1) is 17.4 Å². The van der Waals surface area contributed by atoms with Crippen molar-refractivity contribution in [3.63, 3.8) is 0 Å². The lowest BCUT2D eigenvalue weighted by Gasteiger charge is -2.33. The van der Waals surface area contributed by atoms with E-state index in [9.17, 15) is 0 Å². The summed E-state index contributed by atoms with van der Waals surface area (Å²) in [6, 6.07) is 124. The molecule has 0 N–H and O–H groups in total. The predicted octanol–water partition coefficient (Wildman–Crippen LogP) is 23.4. The van der Waals surface area contributed by atoms with Gasteiger partial charge in [-0.15, -0.1) is 0 Å². The summed E-state index contributed by atoms with van der Waals surface area (Å²) < 4.78 is 0. The molecule has 16 rings (SSSR count). The van der Waals surface area contributed by atoms with Gasteiger partial charge in [0.15, 0.2) is 0 Å². The van der Waals surface area contributed by atoms with Gasteiger partial charge in [-0.25, -0.2) is 0 Å². The van der Waals surface area contributed by atoms with Gasteiger partial charge in [0, 0.05) is 85.5 Å². The Morgan fingerprint density at radius 3 is 1.14 bits per heavy atom. The normalized spacial score (nSPS) is 12.2. The average molecular weight is 1220 g/mol. The number of pyridine rings is 1. The molecule has 0 saturated heterocycles. The van der Waals surface area contributed by atoms with Crippen LogP contribution in [0, 0.1) is 0 Å². The Morgan fingerprint density at radius 2 is 0.642 bits per heavy atom. The number of anilines is 11. The second-order valence-corrected chi connectivity index (χ2v) is 24.4. The molecule has 1 atom stereocenters. The highest BCUT2D eigenvalue weighted by molar-refractivity contribution is 6.03. The van der Waals surface area contributed by atoms with E-state index in [1.165, 1.54) is 32.0 Å². The van der Waals surface area contributed by atoms with Crippen molar-refractivity contribution in [1.29, 1.82) is 0 Å². The Hall–Kier alpha value is -12.3. The Kier molecular flexibility index (Phi) is 15.5. The molecule has 16 aromatic rings. The zero-order chi connectivity index (χ0) is 63.6. The van der Waals surface area contributed by atoms with Crippen LogP contribution in [0.15, 0.2) is 352 Å². The number of hydrogen-bond acceptors (Lipinski definition) is 5. The molecule has 5 heteroatoms. The van der Waals surface area contributed by atoms with Crippen molar-refractivity contribution < 1.29 is 0 Å². The van der Waals surface area contributed by atoms with E-state index in [-0.39, 0.29) is 6.04 Å². The third-order valence-electron chi connectivity index (χ3n) is 18.4. The van der Waals surface area contributed by atoms with E-state index in [1.807, 2.05) is 12.4 Å². The van der Waals surface area contributed by atoms with Crippen LogP contribution in [0.4, 0.5) is 62.6 Å². The average Bonchev–Trinajstić information content (AvgIpc) is 0.812. The minimum absolute atomic E-state index is 0.121. The van der Waals surface area contributed by atoms with Crippen molar-refractivity contribution in [2.24, 2.45) is 0 Å². The number of nitrogens with zero attached hydrogens (tertiary/aromatic N) is 5. The SMILES string of the molecule is C/C=c1/cccc/c1=C/C(C)N(c1cc(-c2cncc(-c3cc(N(c4ccccc4)c4cccc5ccccc45)cc(N(c4ccccc4)c4cccc5ccccc45)c3)c2)cc(N(c2ccc3ccccc3c2)c2ccc3ccccc3c2)c1)c1ccc2ccccc2c1. The number of fused-ring (bicyclic) bond motifs is 5. The Labute approximate surface area is 554 Å². The summed E-state index contributed by atoms with van der Waals surface area (Å²) >= 11 is 0. The molecule has 1 heterocycles. The number of aromatic nitrogens is 1. The van der Waals surface area contributed by atoms with Crippen molar-refractivity contribution in [1.82, 2.24) is 4.98 Å². The highest BCUT2D eigenvalue weighted by Gasteiger charge is 2.25. The lowest BCUT2D eigenvalue weighted by atomic mass is 9.97. The molecule has 5 nitrogen and oxygen atoms in total. The van der Waals surface area contributed by atoms with Gasteiger partial charge in [0.25, 0.3) is 0 Å². The lowest BCUT2D eigenvalue weighted by molar-refractivity contribution is 0.901. The molecule has 0 bridgehead atoms. The van der Waals surface area contributed by atoms with Crippen molar-refractivity contribution in [2.75, 3.05) is 19.6 Å². The fourth-order valence-electron chi connectivity index (χ4n) is 13.9. The molecule has 0 radical (unpaired) electrons. The van der Waals surface area contributed by atoms with Crippen LogP contribution >= 0.6 is 0 Å². The van der Waals surface area contributed by atoms with Crippen LogP contribution in [0.5, 0.6) is 0 Å². The van der Waals surface area contributed by atoms with E-state index in [4.69, 9.17) is 4.98 Å². The number of rotatable bonds is 15. The van der Waals surface area contributed by atoms with Gasteiger partial charge in [0.1, 0.15) is 0 Å². The van der Waals surface area contributed by atoms with Crippen molar-refractivity contribution in [3.8, 4) is 22.3 Å². The number of benzene rings is 15. The van der Waals surface area contributed by atoms with Gasteiger partial charge in [-0.3, -0.25) is 4.98 Å². The Bertz CT molecular complexity index is 5420. The van der Waals surface area contributed by atoms with E-state index in [1.54, 1.807) is 0 Å². The smallest absolute Gasteiger partial charge is 0.0540 e. The monoisotopic (exact) mass is 1220 g/mol. The van der Waals surface area contributed by atoms with Crippen LogP contribution in [0.25, 0.3) is 88.3 Å². The van der Waals surface area contributed by atoms with E-state index < -0.39 is 0 Å². The molecular formula is C90H67N5. The molecule has 0 saturated carbocycles. The summed E-state index contributed by atoms with van der Waals surface area (Å²) in [5.74, 6) is 0. The third-order valence-corrected chi connectivity index (χ3v) is 18.4. The van der Waals surface area contributed by atoms with Crippen molar-refractivity contribution in [3.05, 3.63) is 363 Å². The minimum Gasteiger partial charge on any atom is -0.335 e. The predicted molar refractivity (Wildman–Crippen MR) is 405 cm³/mol. The maximum atomic E-state index is 5.27. The first-order valence-electron chi connectivity index (χ1n) is 32.7. The first-order valence-corrected chi connectivity index (χ1v) is 32.7. The van der Waals surface area contributed by atoms with Crippen molar-refractivity contribution in [2.45, 2.75) is 19.9 Å². The fraction of sp³-hybridized carbons (Fsp3) is 0.0333. The maximum Gasteiger partial charge on any atom is 0.0540 e. The molecule has 15 aromatic carbocycles. The van der Waals surface area contributed by atoms with Crippen LogP contribution in [-0.2, 0) is 0 Å². The van der Waals surface area contributed by atoms with Gasteiger partial charge in [-0.1, -0.05) is 237 Å². The molecule has 0 aliphatic heterocycles. The van der Waals surface area contributed by atoms with E-state index in [0.717, 1.165) is 117 Å². The number of para-hydroxylation sites is 2. The van der Waals surface area contributed by atoms with E-state index in [0.29, 0.717) is 0 Å². The summed E-state index contributed by atoms with van der Waals surface area (Å²) in [5, 5.41) is 14.1. The zero-order valence-electron chi connectivity index (χ0n) is 53.0. The van der Waals surface area contributed by atoms with E-state index in [2.05, 4.69) is 385 Å². The molecular weight excluding hydrogens is 1150 g/mol. The quantitative estimate of drug-likeness (QED) is 0.102. The van der Waals surface area contributed by atoms with Crippen molar-refractivity contribution >= 4 is 129 Å². The van der Waals surface area contributed by atoms with Crippen LogP contribution in [0.1, 0.15) is 13.8 Å². The molecule has 0 aliphatic carbocycles. The van der Waals surface area contributed by atoms with E-state index >= 15 is 0 Å². The van der Waals surface area contributed by atoms with Crippen LogP contribution in [0.3, 0.4) is 0 Å². The molecule has 0 fully saturated rings. The van der Waals surface area contributed by atoms with Crippen LogP contribution < -0.4 is 30.0 Å². The Morgan fingerprint density at radius 1 is 0.263 bits per heavy atom. The van der Waals surface area contributed by atoms with Gasteiger partial charge < -0.3 is 19.6 Å². The van der Waals surface area contributed by atoms with Gasteiger partial charge in [0.2, 0.25) is 0 Å². The summed E-state index contributed by atoms with van der Waals surface area (Å²) in [4.78, 5) is 15.0. The van der Waals surface area contributed by atoms with Gasteiger partial charge in [-0.05, 0) is 194 Å². The van der Waals surface area contributed by atoms with Crippen LogP contribution in [0.2, 0.25) is 0 Å². The summed E-state index contributed by atoms with van der Waals surface area (Å²) in [7, 11) is 0. The first kappa shape index (κ1) is 57.8. The molecule has 95 heavy (non-hydrogen) atoms. The highest BCUT2D eigenvalue weighted by atomic mass is 15.2. The lowest BCUT2D eigenvalue weighted by Crippen LogP contribution is -2.32. The summed E-state index contributed by atoms with van der Waals surface area (Å²) in [6.45, 7) is 4.44. The topological polar surface area (TPSA) is 25.9 Å². The molecule has 1 aromatic heterocycles. The Balaban J connectivity index is 0.955. The molecule has 0 aliphatic rings. The third kappa shape index (κ3) is 11.5. The fourth-order valence-corrected chi connectivity index (χ4v) is 13.9. The molecule has 452 valence electrons.